The molecule has 0 amide bonds. The van der Waals surface area contributed by atoms with Crippen LogP contribution in [0.4, 0.5) is 17.3 Å². The fourth-order valence-corrected chi connectivity index (χ4v) is 2.42. The van der Waals surface area contributed by atoms with Gasteiger partial charge in [0.1, 0.15) is 18.0 Å². The van der Waals surface area contributed by atoms with Crippen LogP contribution in [0.1, 0.15) is 23.6 Å². The predicted octanol–water partition coefficient (Wildman–Crippen LogP) is 3.60. The Balaban J connectivity index is 2.42. The highest BCUT2D eigenvalue weighted by Gasteiger charge is 2.13. The maximum Gasteiger partial charge on any atom is 0.141 e. The van der Waals surface area contributed by atoms with Crippen LogP contribution in [0, 0.1) is 20.8 Å². The number of rotatable bonds is 4. The normalized spacial score (nSPS) is 10.4. The van der Waals surface area contributed by atoms with Crippen molar-refractivity contribution >= 4 is 17.3 Å². The zero-order valence-electron chi connectivity index (χ0n) is 12.9. The monoisotopic (exact) mass is 270 g/mol. The molecule has 0 aliphatic carbocycles. The van der Waals surface area contributed by atoms with Gasteiger partial charge < -0.3 is 10.2 Å². The van der Waals surface area contributed by atoms with Gasteiger partial charge in [-0.2, -0.15) is 0 Å². The molecule has 1 heterocycles. The van der Waals surface area contributed by atoms with Crippen molar-refractivity contribution in [3.63, 3.8) is 0 Å². The van der Waals surface area contributed by atoms with Gasteiger partial charge in [0, 0.05) is 24.8 Å². The molecule has 1 N–H and O–H groups in total. The SMILES string of the molecule is CCNc1ncnc(N(C)c2ccc(C)cc2C)c1C. The lowest BCUT2D eigenvalue weighted by Gasteiger charge is -2.23. The Morgan fingerprint density at radius 3 is 2.55 bits per heavy atom. The summed E-state index contributed by atoms with van der Waals surface area (Å²) in [7, 11) is 2.04. The third kappa shape index (κ3) is 2.74. The molecule has 0 unspecified atom stereocenters. The highest BCUT2D eigenvalue weighted by Crippen LogP contribution is 2.30. The maximum atomic E-state index is 4.44. The van der Waals surface area contributed by atoms with Crippen molar-refractivity contribution in [2.45, 2.75) is 27.7 Å². The number of hydrogen-bond donors (Lipinski definition) is 1. The average Bonchev–Trinajstić information content (AvgIpc) is 2.41. The quantitative estimate of drug-likeness (QED) is 0.921. The molecule has 0 saturated heterocycles. The second-order valence-electron chi connectivity index (χ2n) is 5.05. The van der Waals surface area contributed by atoms with Gasteiger partial charge in [0.2, 0.25) is 0 Å². The lowest BCUT2D eigenvalue weighted by molar-refractivity contribution is 1.03. The Bertz CT molecular complexity index is 607. The zero-order valence-corrected chi connectivity index (χ0v) is 12.9. The van der Waals surface area contributed by atoms with Gasteiger partial charge in [0.15, 0.2) is 0 Å². The molecule has 1 aromatic carbocycles. The second-order valence-corrected chi connectivity index (χ2v) is 5.05. The standard InChI is InChI=1S/C16H22N4/c1-6-17-15-13(4)16(19-10-18-15)20(5)14-8-7-11(2)9-12(14)3/h7-10H,6H2,1-5H3,(H,17,18,19). The van der Waals surface area contributed by atoms with Crippen LogP contribution in [-0.4, -0.2) is 23.6 Å². The smallest absolute Gasteiger partial charge is 0.141 e. The molecule has 0 radical (unpaired) electrons. The largest absolute Gasteiger partial charge is 0.370 e. The van der Waals surface area contributed by atoms with Crippen molar-refractivity contribution in [1.82, 2.24) is 9.97 Å². The lowest BCUT2D eigenvalue weighted by Crippen LogP contribution is -2.15. The van der Waals surface area contributed by atoms with Crippen LogP contribution in [0.2, 0.25) is 0 Å². The minimum atomic E-state index is 0.852. The van der Waals surface area contributed by atoms with E-state index >= 15 is 0 Å². The van der Waals surface area contributed by atoms with Gasteiger partial charge in [-0.25, -0.2) is 9.97 Å². The zero-order chi connectivity index (χ0) is 14.7. The molecule has 1 aromatic heterocycles. The fourth-order valence-electron chi connectivity index (χ4n) is 2.42. The van der Waals surface area contributed by atoms with Gasteiger partial charge >= 0.3 is 0 Å². The maximum absolute atomic E-state index is 4.44. The lowest BCUT2D eigenvalue weighted by atomic mass is 10.1. The van der Waals surface area contributed by atoms with E-state index in [2.05, 4.69) is 59.2 Å². The first-order chi connectivity index (χ1) is 9.54. The van der Waals surface area contributed by atoms with Crippen LogP contribution in [0.15, 0.2) is 24.5 Å². The number of anilines is 3. The Morgan fingerprint density at radius 1 is 1.15 bits per heavy atom. The molecule has 0 atom stereocenters. The highest BCUT2D eigenvalue weighted by atomic mass is 15.2. The number of nitrogens with one attached hydrogen (secondary N) is 1. The Labute approximate surface area is 120 Å². The van der Waals surface area contributed by atoms with E-state index in [1.807, 2.05) is 14.0 Å². The van der Waals surface area contributed by atoms with Crippen molar-refractivity contribution in [3.05, 3.63) is 41.2 Å². The Hall–Kier alpha value is -2.10. The number of nitrogens with zero attached hydrogens (tertiary/aromatic N) is 3. The number of aromatic nitrogens is 2. The van der Waals surface area contributed by atoms with Crippen LogP contribution in [0.3, 0.4) is 0 Å². The van der Waals surface area contributed by atoms with Gasteiger partial charge in [-0.05, 0) is 39.3 Å². The number of hydrogen-bond acceptors (Lipinski definition) is 4. The first-order valence-electron chi connectivity index (χ1n) is 6.91. The summed E-state index contributed by atoms with van der Waals surface area (Å²) in [6.07, 6.45) is 1.61. The Kier molecular flexibility index (Phi) is 4.23. The van der Waals surface area contributed by atoms with Crippen molar-refractivity contribution < 1.29 is 0 Å². The van der Waals surface area contributed by atoms with Crippen LogP contribution in [-0.2, 0) is 0 Å². The summed E-state index contributed by atoms with van der Waals surface area (Å²) >= 11 is 0. The number of benzene rings is 1. The van der Waals surface area contributed by atoms with E-state index in [4.69, 9.17) is 0 Å². The number of aryl methyl sites for hydroxylation is 2. The molecule has 106 valence electrons. The molecule has 0 spiro atoms. The molecule has 0 fully saturated rings. The highest BCUT2D eigenvalue weighted by molar-refractivity contribution is 5.68. The van der Waals surface area contributed by atoms with E-state index in [0.29, 0.717) is 0 Å². The molecule has 2 rings (SSSR count). The van der Waals surface area contributed by atoms with E-state index in [-0.39, 0.29) is 0 Å². The van der Waals surface area contributed by atoms with Crippen LogP contribution >= 0.6 is 0 Å². The van der Waals surface area contributed by atoms with E-state index < -0.39 is 0 Å². The first kappa shape index (κ1) is 14.3. The first-order valence-corrected chi connectivity index (χ1v) is 6.91. The predicted molar refractivity (Wildman–Crippen MR) is 84.9 cm³/mol. The summed E-state index contributed by atoms with van der Waals surface area (Å²) in [4.78, 5) is 10.8. The molecule has 0 bridgehead atoms. The van der Waals surface area contributed by atoms with Crippen molar-refractivity contribution in [3.8, 4) is 0 Å². The minimum Gasteiger partial charge on any atom is -0.370 e. The topological polar surface area (TPSA) is 41.1 Å². The van der Waals surface area contributed by atoms with Crippen LogP contribution in [0.5, 0.6) is 0 Å². The van der Waals surface area contributed by atoms with Crippen LogP contribution < -0.4 is 10.2 Å². The van der Waals surface area contributed by atoms with Gasteiger partial charge in [-0.15, -0.1) is 0 Å². The fraction of sp³-hybridized carbons (Fsp3) is 0.375. The van der Waals surface area contributed by atoms with Crippen molar-refractivity contribution in [1.29, 1.82) is 0 Å². The van der Waals surface area contributed by atoms with Gasteiger partial charge in [-0.1, -0.05) is 17.7 Å². The van der Waals surface area contributed by atoms with E-state index in [9.17, 15) is 0 Å². The third-order valence-electron chi connectivity index (χ3n) is 3.43. The molecule has 20 heavy (non-hydrogen) atoms. The molecular weight excluding hydrogens is 248 g/mol. The molecular formula is C16H22N4. The van der Waals surface area contributed by atoms with E-state index in [0.717, 1.165) is 23.7 Å². The molecule has 2 aromatic rings. The summed E-state index contributed by atoms with van der Waals surface area (Å²) in [5.41, 5.74) is 4.75. The van der Waals surface area contributed by atoms with E-state index in [1.165, 1.54) is 16.8 Å². The van der Waals surface area contributed by atoms with Gasteiger partial charge in [0.05, 0.1) is 0 Å². The van der Waals surface area contributed by atoms with E-state index in [1.54, 1.807) is 6.33 Å². The summed E-state index contributed by atoms with van der Waals surface area (Å²) in [6, 6.07) is 6.45. The minimum absolute atomic E-state index is 0.852. The molecule has 4 heteroatoms. The van der Waals surface area contributed by atoms with Crippen molar-refractivity contribution in [2.75, 3.05) is 23.8 Å². The summed E-state index contributed by atoms with van der Waals surface area (Å²) in [5, 5.41) is 3.27. The average molecular weight is 270 g/mol. The summed E-state index contributed by atoms with van der Waals surface area (Å²) in [5.74, 6) is 1.83. The Morgan fingerprint density at radius 2 is 1.90 bits per heavy atom. The second kappa shape index (κ2) is 5.90. The molecule has 0 aliphatic heterocycles. The molecule has 4 nitrogen and oxygen atoms in total. The third-order valence-corrected chi connectivity index (χ3v) is 3.43. The summed E-state index contributed by atoms with van der Waals surface area (Å²) in [6.45, 7) is 9.20. The molecule has 0 aliphatic rings. The van der Waals surface area contributed by atoms with Gasteiger partial charge in [0.25, 0.3) is 0 Å². The molecule has 0 saturated carbocycles. The summed E-state index contributed by atoms with van der Waals surface area (Å²) < 4.78 is 0. The van der Waals surface area contributed by atoms with Crippen LogP contribution in [0.25, 0.3) is 0 Å². The van der Waals surface area contributed by atoms with Gasteiger partial charge in [-0.3, -0.25) is 0 Å². The van der Waals surface area contributed by atoms with Crippen molar-refractivity contribution in [2.24, 2.45) is 0 Å².